The number of hydrogen-bond donors (Lipinski definition) is 2. The number of rotatable bonds is 6. The fourth-order valence-electron chi connectivity index (χ4n) is 2.49. The molecule has 0 saturated carbocycles. The summed E-state index contributed by atoms with van der Waals surface area (Å²) in [5.41, 5.74) is 3.87. The number of nitrogens with zero attached hydrogens (tertiary/aromatic N) is 2. The number of nitro benzene ring substituents is 1. The van der Waals surface area contributed by atoms with E-state index in [1.54, 1.807) is 60.8 Å². The highest BCUT2D eigenvalue weighted by Crippen LogP contribution is 2.18. The zero-order chi connectivity index (χ0) is 20.8. The third-order valence-corrected chi connectivity index (χ3v) is 4.83. The Morgan fingerprint density at radius 3 is 2.55 bits per heavy atom. The summed E-state index contributed by atoms with van der Waals surface area (Å²) in [6, 6.07) is 16.0. The van der Waals surface area contributed by atoms with Gasteiger partial charge in [-0.2, -0.15) is 5.10 Å². The zero-order valence-electron chi connectivity index (χ0n) is 15.3. The molecule has 0 bridgehead atoms. The molecule has 0 aliphatic heterocycles. The van der Waals surface area contributed by atoms with Crippen molar-refractivity contribution in [3.63, 3.8) is 0 Å². The Balaban J connectivity index is 1.76. The van der Waals surface area contributed by atoms with Gasteiger partial charge in [0.1, 0.15) is 0 Å². The van der Waals surface area contributed by atoms with Crippen LogP contribution in [0.15, 0.2) is 71.1 Å². The van der Waals surface area contributed by atoms with Gasteiger partial charge in [-0.25, -0.2) is 5.43 Å². The Kier molecular flexibility index (Phi) is 6.10. The van der Waals surface area contributed by atoms with Crippen LogP contribution >= 0.6 is 11.3 Å². The number of benzene rings is 2. The first-order valence-electron chi connectivity index (χ1n) is 8.49. The summed E-state index contributed by atoms with van der Waals surface area (Å²) in [5, 5.41) is 19.4. The molecule has 29 heavy (non-hydrogen) atoms. The summed E-state index contributed by atoms with van der Waals surface area (Å²) < 4.78 is 0. The van der Waals surface area contributed by atoms with Crippen molar-refractivity contribution in [2.75, 3.05) is 5.32 Å². The molecular weight excluding hydrogens is 392 g/mol. The largest absolute Gasteiger partial charge is 0.321 e. The van der Waals surface area contributed by atoms with Gasteiger partial charge in [0.25, 0.3) is 17.5 Å². The van der Waals surface area contributed by atoms with E-state index in [1.807, 2.05) is 0 Å². The quantitative estimate of drug-likeness (QED) is 0.364. The first kappa shape index (κ1) is 19.9. The summed E-state index contributed by atoms with van der Waals surface area (Å²) in [7, 11) is 0. The molecule has 0 spiro atoms. The zero-order valence-corrected chi connectivity index (χ0v) is 16.1. The lowest BCUT2D eigenvalue weighted by Gasteiger charge is -2.09. The lowest BCUT2D eigenvalue weighted by atomic mass is 10.1. The average Bonchev–Trinajstić information content (AvgIpc) is 3.27. The van der Waals surface area contributed by atoms with Gasteiger partial charge in [0.05, 0.1) is 26.8 Å². The number of para-hydroxylation sites is 1. The van der Waals surface area contributed by atoms with Crippen LogP contribution in [0.2, 0.25) is 0 Å². The van der Waals surface area contributed by atoms with Crippen molar-refractivity contribution in [3.05, 3.63) is 92.2 Å². The first-order valence-corrected chi connectivity index (χ1v) is 9.37. The number of thiophene rings is 1. The minimum Gasteiger partial charge on any atom is -0.321 e. The number of nitro groups is 1. The maximum atomic E-state index is 12.6. The number of anilines is 1. The van der Waals surface area contributed by atoms with Crippen molar-refractivity contribution in [1.82, 2.24) is 5.43 Å². The normalized spacial score (nSPS) is 11.0. The molecule has 8 nitrogen and oxygen atoms in total. The van der Waals surface area contributed by atoms with E-state index in [0.29, 0.717) is 21.8 Å². The standard InChI is InChI=1S/C20H16N4O4S/c1-13(14-6-4-7-15(12-14)24(27)28)22-23-19(25)16-8-2-3-9-17(16)21-20(26)18-10-5-11-29-18/h2-12H,1H3,(H,21,26)(H,23,25)/b22-13+. The molecule has 0 fully saturated rings. The summed E-state index contributed by atoms with van der Waals surface area (Å²) >= 11 is 1.30. The van der Waals surface area contributed by atoms with Gasteiger partial charge in [-0.1, -0.05) is 30.3 Å². The Labute approximate surface area is 170 Å². The molecule has 2 N–H and O–H groups in total. The second-order valence-electron chi connectivity index (χ2n) is 5.92. The van der Waals surface area contributed by atoms with E-state index in [1.165, 1.54) is 23.5 Å². The van der Waals surface area contributed by atoms with Gasteiger partial charge in [0.2, 0.25) is 0 Å². The number of carbonyl (C=O) groups is 2. The third-order valence-electron chi connectivity index (χ3n) is 3.96. The minimum absolute atomic E-state index is 0.0648. The van der Waals surface area contributed by atoms with Crippen molar-refractivity contribution in [1.29, 1.82) is 0 Å². The second-order valence-corrected chi connectivity index (χ2v) is 6.87. The molecule has 3 rings (SSSR count). The van der Waals surface area contributed by atoms with E-state index in [9.17, 15) is 19.7 Å². The maximum absolute atomic E-state index is 12.6. The molecule has 9 heteroatoms. The molecule has 1 heterocycles. The van der Waals surface area contributed by atoms with Gasteiger partial charge in [-0.15, -0.1) is 11.3 Å². The van der Waals surface area contributed by atoms with E-state index >= 15 is 0 Å². The molecule has 3 aromatic rings. The molecule has 2 aromatic carbocycles. The number of nitrogens with one attached hydrogen (secondary N) is 2. The number of amides is 2. The number of non-ortho nitro benzene ring substituents is 1. The molecular formula is C20H16N4O4S. The molecule has 1 aromatic heterocycles. The first-order chi connectivity index (χ1) is 14.0. The van der Waals surface area contributed by atoms with Crippen LogP contribution in [0.25, 0.3) is 0 Å². The fourth-order valence-corrected chi connectivity index (χ4v) is 3.10. The Morgan fingerprint density at radius 2 is 1.83 bits per heavy atom. The predicted octanol–water partition coefficient (Wildman–Crippen LogP) is 4.06. The maximum Gasteiger partial charge on any atom is 0.273 e. The van der Waals surface area contributed by atoms with E-state index in [2.05, 4.69) is 15.8 Å². The van der Waals surface area contributed by atoms with Crippen molar-refractivity contribution >= 4 is 40.2 Å². The molecule has 0 aliphatic rings. The summed E-state index contributed by atoms with van der Waals surface area (Å²) in [5.74, 6) is -0.826. The van der Waals surface area contributed by atoms with E-state index in [-0.39, 0.29) is 17.2 Å². The highest BCUT2D eigenvalue weighted by Gasteiger charge is 2.15. The van der Waals surface area contributed by atoms with Gasteiger partial charge < -0.3 is 5.32 Å². The van der Waals surface area contributed by atoms with Crippen LogP contribution in [0.3, 0.4) is 0 Å². The van der Waals surface area contributed by atoms with E-state index in [0.717, 1.165) is 0 Å². The van der Waals surface area contributed by atoms with Crippen LogP contribution in [-0.2, 0) is 0 Å². The van der Waals surface area contributed by atoms with Crippen molar-refractivity contribution in [2.45, 2.75) is 6.92 Å². The van der Waals surface area contributed by atoms with Gasteiger partial charge in [0, 0.05) is 17.7 Å². The SMILES string of the molecule is C/C(=N\NC(=O)c1ccccc1NC(=O)c1cccs1)c1cccc([N+](=O)[O-])c1. The van der Waals surface area contributed by atoms with Crippen molar-refractivity contribution in [2.24, 2.45) is 5.10 Å². The fraction of sp³-hybridized carbons (Fsp3) is 0.0500. The average molecular weight is 408 g/mol. The van der Waals surface area contributed by atoms with Crippen LogP contribution in [0.1, 0.15) is 32.5 Å². The third kappa shape index (κ3) is 4.90. The van der Waals surface area contributed by atoms with Gasteiger partial charge in [0.15, 0.2) is 0 Å². The number of carbonyl (C=O) groups excluding carboxylic acids is 2. The topological polar surface area (TPSA) is 114 Å². The van der Waals surface area contributed by atoms with Crippen molar-refractivity contribution in [3.8, 4) is 0 Å². The van der Waals surface area contributed by atoms with E-state index in [4.69, 9.17) is 0 Å². The molecule has 146 valence electrons. The van der Waals surface area contributed by atoms with Crippen LogP contribution in [0.4, 0.5) is 11.4 Å². The predicted molar refractivity (Wildman–Crippen MR) is 111 cm³/mol. The molecule has 0 saturated heterocycles. The summed E-state index contributed by atoms with van der Waals surface area (Å²) in [6.45, 7) is 1.63. The van der Waals surface area contributed by atoms with E-state index < -0.39 is 10.8 Å². The second kappa shape index (κ2) is 8.89. The van der Waals surface area contributed by atoms with Crippen LogP contribution in [-0.4, -0.2) is 22.4 Å². The lowest BCUT2D eigenvalue weighted by Crippen LogP contribution is -2.22. The van der Waals surface area contributed by atoms with Crippen LogP contribution < -0.4 is 10.7 Å². The van der Waals surface area contributed by atoms with Crippen LogP contribution in [0.5, 0.6) is 0 Å². The van der Waals surface area contributed by atoms with Gasteiger partial charge in [-0.3, -0.25) is 19.7 Å². The van der Waals surface area contributed by atoms with Crippen molar-refractivity contribution < 1.29 is 14.5 Å². The highest BCUT2D eigenvalue weighted by atomic mass is 32.1. The Hall–Kier alpha value is -3.85. The van der Waals surface area contributed by atoms with Crippen LogP contribution in [0, 0.1) is 10.1 Å². The molecule has 0 aliphatic carbocycles. The Morgan fingerprint density at radius 1 is 1.03 bits per heavy atom. The number of hydrogen-bond acceptors (Lipinski definition) is 6. The molecule has 0 unspecified atom stereocenters. The molecule has 2 amide bonds. The monoisotopic (exact) mass is 408 g/mol. The highest BCUT2D eigenvalue weighted by molar-refractivity contribution is 7.12. The minimum atomic E-state index is -0.517. The number of hydrazone groups is 1. The van der Waals surface area contributed by atoms with Gasteiger partial charge in [-0.05, 0) is 30.5 Å². The van der Waals surface area contributed by atoms with Gasteiger partial charge >= 0.3 is 0 Å². The lowest BCUT2D eigenvalue weighted by molar-refractivity contribution is -0.384. The molecule has 0 atom stereocenters. The summed E-state index contributed by atoms with van der Waals surface area (Å²) in [4.78, 5) is 35.8. The molecule has 0 radical (unpaired) electrons. The summed E-state index contributed by atoms with van der Waals surface area (Å²) in [6.07, 6.45) is 0. The Bertz CT molecular complexity index is 1090. The smallest absolute Gasteiger partial charge is 0.273 e.